The molecule has 2 rings (SSSR count). The highest BCUT2D eigenvalue weighted by atomic mass is 32.2. The van der Waals surface area contributed by atoms with Gasteiger partial charge in [0.05, 0.1) is 23.2 Å². The molecule has 1 heterocycles. The van der Waals surface area contributed by atoms with Crippen LogP contribution in [0.25, 0.3) is 6.08 Å². The van der Waals surface area contributed by atoms with E-state index >= 15 is 0 Å². The lowest BCUT2D eigenvalue weighted by atomic mass is 10.1. The molecule has 0 fully saturated rings. The van der Waals surface area contributed by atoms with Gasteiger partial charge >= 0.3 is 0 Å². The zero-order chi connectivity index (χ0) is 22.1. The lowest BCUT2D eigenvalue weighted by Crippen LogP contribution is -2.50. The smallest absolute Gasteiger partial charge is 0.291 e. The summed E-state index contributed by atoms with van der Waals surface area (Å²) in [4.78, 5) is 46.5. The lowest BCUT2D eigenvalue weighted by molar-refractivity contribution is -0.384. The van der Waals surface area contributed by atoms with Crippen LogP contribution in [-0.2, 0) is 9.59 Å². The highest BCUT2D eigenvalue weighted by molar-refractivity contribution is 7.98. The monoisotopic (exact) mass is 432 g/mol. The van der Waals surface area contributed by atoms with Crippen LogP contribution in [0.2, 0.25) is 0 Å². The van der Waals surface area contributed by atoms with Crippen LogP contribution >= 0.6 is 11.8 Å². The van der Waals surface area contributed by atoms with Gasteiger partial charge < -0.3 is 25.0 Å². The summed E-state index contributed by atoms with van der Waals surface area (Å²) >= 11 is 1.40. The number of aliphatic carboxylic acids is 1. The standard InChI is InChI=1S/C19H19N3O7S/c1-30-10-8-14(19(25)26)20-17(23)15(21-18(24)16-3-2-9-29-16)11-12-4-6-13(7-5-12)22(27)28/h2-7,9,11,14H,8,10H2,1H3,(H,20,23)(H,21,24)(H,25,26)/p-1/b15-11-/t14-/m1/s1. The normalized spacial score (nSPS) is 12.1. The number of thioether (sulfide) groups is 1. The number of hydrogen-bond acceptors (Lipinski definition) is 8. The molecule has 0 saturated carbocycles. The van der Waals surface area contributed by atoms with E-state index < -0.39 is 28.7 Å². The maximum Gasteiger partial charge on any atom is 0.291 e. The Labute approximate surface area is 175 Å². The molecule has 2 aromatic rings. The first-order valence-electron chi connectivity index (χ1n) is 8.63. The van der Waals surface area contributed by atoms with Crippen molar-refractivity contribution in [3.05, 3.63) is 69.8 Å². The number of hydrogen-bond donors (Lipinski definition) is 2. The predicted molar refractivity (Wildman–Crippen MR) is 107 cm³/mol. The van der Waals surface area contributed by atoms with E-state index in [9.17, 15) is 29.6 Å². The maximum absolute atomic E-state index is 12.7. The molecule has 2 amide bonds. The number of benzene rings is 1. The van der Waals surface area contributed by atoms with Crippen LogP contribution in [0.1, 0.15) is 22.5 Å². The van der Waals surface area contributed by atoms with E-state index in [0.717, 1.165) is 0 Å². The number of non-ortho nitro benzene ring substituents is 1. The summed E-state index contributed by atoms with van der Waals surface area (Å²) in [5.41, 5.74) is -0.0351. The number of furan rings is 1. The Bertz CT molecular complexity index is 940. The number of carbonyl (C=O) groups excluding carboxylic acids is 3. The zero-order valence-corrected chi connectivity index (χ0v) is 16.6. The van der Waals surface area contributed by atoms with Crippen molar-refractivity contribution < 1.29 is 28.8 Å². The molecule has 0 unspecified atom stereocenters. The van der Waals surface area contributed by atoms with Gasteiger partial charge in [-0.3, -0.25) is 19.7 Å². The third-order valence-corrected chi connectivity index (χ3v) is 4.50. The number of nitro groups is 1. The number of nitrogens with zero attached hydrogens (tertiary/aromatic N) is 1. The van der Waals surface area contributed by atoms with Crippen LogP contribution in [0, 0.1) is 10.1 Å². The molecule has 0 spiro atoms. The molecule has 30 heavy (non-hydrogen) atoms. The molecule has 0 aliphatic heterocycles. The molecular weight excluding hydrogens is 414 g/mol. The van der Waals surface area contributed by atoms with Crippen molar-refractivity contribution in [2.45, 2.75) is 12.5 Å². The Morgan fingerprint density at radius 3 is 2.47 bits per heavy atom. The number of amides is 2. The second-order valence-electron chi connectivity index (χ2n) is 5.96. The van der Waals surface area contributed by atoms with Crippen molar-refractivity contribution >= 4 is 41.3 Å². The van der Waals surface area contributed by atoms with E-state index in [1.807, 2.05) is 0 Å². The molecule has 1 aromatic heterocycles. The molecule has 158 valence electrons. The molecule has 1 aromatic carbocycles. The van der Waals surface area contributed by atoms with Gasteiger partial charge in [-0.1, -0.05) is 0 Å². The van der Waals surface area contributed by atoms with Gasteiger partial charge in [0, 0.05) is 12.1 Å². The van der Waals surface area contributed by atoms with Gasteiger partial charge in [-0.15, -0.1) is 0 Å². The highest BCUT2D eigenvalue weighted by Crippen LogP contribution is 2.14. The fourth-order valence-corrected chi connectivity index (χ4v) is 2.80. The van der Waals surface area contributed by atoms with Gasteiger partial charge in [-0.2, -0.15) is 11.8 Å². The second-order valence-corrected chi connectivity index (χ2v) is 6.95. The van der Waals surface area contributed by atoms with E-state index in [-0.39, 0.29) is 23.6 Å². The number of rotatable bonds is 10. The number of nitrogens with one attached hydrogen (secondary N) is 2. The van der Waals surface area contributed by atoms with Crippen molar-refractivity contribution in [3.8, 4) is 0 Å². The first-order valence-corrected chi connectivity index (χ1v) is 10.0. The molecule has 0 radical (unpaired) electrons. The molecule has 1 atom stereocenters. The Morgan fingerprint density at radius 2 is 1.93 bits per heavy atom. The predicted octanol–water partition coefficient (Wildman–Crippen LogP) is 0.946. The molecular formula is C19H18N3O7S-. The van der Waals surface area contributed by atoms with Crippen LogP contribution in [0.5, 0.6) is 0 Å². The minimum absolute atomic E-state index is 0.0590. The summed E-state index contributed by atoms with van der Waals surface area (Å²) in [6, 6.07) is 6.85. The Hall–Kier alpha value is -3.60. The van der Waals surface area contributed by atoms with Gasteiger partial charge in [0.25, 0.3) is 17.5 Å². The quantitative estimate of drug-likeness (QED) is 0.319. The van der Waals surface area contributed by atoms with Crippen molar-refractivity contribution in [2.24, 2.45) is 0 Å². The fourth-order valence-electron chi connectivity index (χ4n) is 2.33. The second kappa shape index (κ2) is 10.8. The molecule has 11 heteroatoms. The summed E-state index contributed by atoms with van der Waals surface area (Å²) < 4.78 is 4.99. The third kappa shape index (κ3) is 6.48. The van der Waals surface area contributed by atoms with Gasteiger partial charge in [-0.05, 0) is 54.3 Å². The van der Waals surface area contributed by atoms with Crippen LogP contribution in [0.15, 0.2) is 52.8 Å². The molecule has 0 bridgehead atoms. The lowest BCUT2D eigenvalue weighted by Gasteiger charge is -2.20. The van der Waals surface area contributed by atoms with Crippen molar-refractivity contribution in [3.63, 3.8) is 0 Å². The molecule has 0 aliphatic rings. The summed E-state index contributed by atoms with van der Waals surface area (Å²) in [6.07, 6.45) is 4.47. The first-order chi connectivity index (χ1) is 14.3. The summed E-state index contributed by atoms with van der Waals surface area (Å²) in [5, 5.41) is 26.8. The minimum atomic E-state index is -1.45. The Balaban J connectivity index is 2.29. The SMILES string of the molecule is CSCC[C@@H](NC(=O)/C(=C/c1ccc([N+](=O)[O-])cc1)NC(=O)c1ccco1)C(=O)[O-]. The van der Waals surface area contributed by atoms with Gasteiger partial charge in [-0.25, -0.2) is 0 Å². The summed E-state index contributed by atoms with van der Waals surface area (Å²) in [5.74, 6) is -2.62. The third-order valence-electron chi connectivity index (χ3n) is 3.85. The van der Waals surface area contributed by atoms with Crippen LogP contribution in [-0.4, -0.2) is 40.8 Å². The van der Waals surface area contributed by atoms with Gasteiger partial charge in [0.15, 0.2) is 5.76 Å². The molecule has 0 saturated heterocycles. The van der Waals surface area contributed by atoms with E-state index in [1.54, 1.807) is 6.26 Å². The van der Waals surface area contributed by atoms with Crippen LogP contribution in [0.4, 0.5) is 5.69 Å². The van der Waals surface area contributed by atoms with Crippen molar-refractivity contribution in [1.82, 2.24) is 10.6 Å². The van der Waals surface area contributed by atoms with Gasteiger partial charge in [0.2, 0.25) is 0 Å². The Kier molecular flexibility index (Phi) is 8.18. The van der Waals surface area contributed by atoms with Crippen molar-refractivity contribution in [2.75, 3.05) is 12.0 Å². The van der Waals surface area contributed by atoms with Crippen LogP contribution < -0.4 is 15.7 Å². The number of carboxylic acids is 1. The number of carbonyl (C=O) groups is 3. The van der Waals surface area contributed by atoms with E-state index in [2.05, 4.69) is 10.6 Å². The Morgan fingerprint density at radius 1 is 1.23 bits per heavy atom. The molecule has 0 aliphatic carbocycles. The summed E-state index contributed by atoms with van der Waals surface area (Å²) in [6.45, 7) is 0. The highest BCUT2D eigenvalue weighted by Gasteiger charge is 2.20. The first kappa shape index (κ1) is 22.7. The van der Waals surface area contributed by atoms with E-state index in [4.69, 9.17) is 4.42 Å². The van der Waals surface area contributed by atoms with E-state index in [0.29, 0.717) is 11.3 Å². The van der Waals surface area contributed by atoms with Crippen LogP contribution in [0.3, 0.4) is 0 Å². The largest absolute Gasteiger partial charge is 0.548 e. The maximum atomic E-state index is 12.7. The molecule has 10 nitrogen and oxygen atoms in total. The zero-order valence-electron chi connectivity index (χ0n) is 15.8. The summed E-state index contributed by atoms with van der Waals surface area (Å²) in [7, 11) is 0. The van der Waals surface area contributed by atoms with Gasteiger partial charge in [0.1, 0.15) is 5.70 Å². The van der Waals surface area contributed by atoms with Crippen molar-refractivity contribution in [1.29, 1.82) is 0 Å². The number of carboxylic acid groups (broad SMARTS) is 1. The average molecular weight is 432 g/mol. The average Bonchev–Trinajstić information content (AvgIpc) is 3.25. The topological polar surface area (TPSA) is 155 Å². The fraction of sp³-hybridized carbons (Fsp3) is 0.211. The molecule has 2 N–H and O–H groups in total. The minimum Gasteiger partial charge on any atom is -0.548 e. The van der Waals surface area contributed by atoms with E-state index in [1.165, 1.54) is 60.5 Å². The number of nitro benzene ring substituents is 1.